The van der Waals surface area contributed by atoms with E-state index < -0.39 is 0 Å². The van der Waals surface area contributed by atoms with Crippen molar-refractivity contribution in [2.75, 3.05) is 13.1 Å². The third-order valence-corrected chi connectivity index (χ3v) is 4.24. The second-order valence-electron chi connectivity index (χ2n) is 6.68. The summed E-state index contributed by atoms with van der Waals surface area (Å²) in [5.41, 5.74) is 1.73. The third-order valence-electron chi connectivity index (χ3n) is 4.24. The Morgan fingerprint density at radius 1 is 1.11 bits per heavy atom. The maximum atomic E-state index is 4.87. The molecule has 0 radical (unpaired) electrons. The van der Waals surface area contributed by atoms with Crippen molar-refractivity contribution < 1.29 is 0 Å². The van der Waals surface area contributed by atoms with Gasteiger partial charge in [-0.25, -0.2) is 4.99 Å². The van der Waals surface area contributed by atoms with Crippen LogP contribution in [0.3, 0.4) is 0 Å². The Balaban J connectivity index is 2.14. The quantitative estimate of drug-likeness (QED) is 0.672. The predicted molar refractivity (Wildman–Crippen MR) is 78.9 cm³/mol. The molecule has 0 saturated carbocycles. The van der Waals surface area contributed by atoms with Gasteiger partial charge < -0.3 is 4.90 Å². The van der Waals surface area contributed by atoms with E-state index >= 15 is 0 Å². The molecule has 2 rings (SSSR count). The molecule has 2 aliphatic heterocycles. The number of nitrogens with zero attached hydrogens (tertiary/aromatic N) is 2. The Hall–Kier alpha value is -0.790. The topological polar surface area (TPSA) is 15.6 Å². The van der Waals surface area contributed by atoms with E-state index in [4.69, 9.17) is 4.99 Å². The van der Waals surface area contributed by atoms with Gasteiger partial charge in [-0.1, -0.05) is 26.7 Å². The molecule has 1 saturated heterocycles. The van der Waals surface area contributed by atoms with Crippen molar-refractivity contribution in [1.29, 1.82) is 0 Å². The van der Waals surface area contributed by atoms with Crippen molar-refractivity contribution >= 4 is 5.71 Å². The Kier molecular flexibility index (Phi) is 4.47. The average molecular weight is 248 g/mol. The highest BCUT2D eigenvalue weighted by Crippen LogP contribution is 2.31. The number of hydrogen-bond acceptors (Lipinski definition) is 2. The lowest BCUT2D eigenvalue weighted by molar-refractivity contribution is 0.322. The molecule has 0 spiro atoms. The molecule has 0 amide bonds. The van der Waals surface area contributed by atoms with Crippen LogP contribution >= 0.6 is 0 Å². The molecule has 0 N–H and O–H groups in total. The number of likely N-dealkylation sites (tertiary alicyclic amines) is 1. The van der Waals surface area contributed by atoms with Crippen LogP contribution in [0.1, 0.15) is 65.7 Å². The molecule has 2 aliphatic rings. The molecular weight excluding hydrogens is 220 g/mol. The fraction of sp³-hybridized carbons (Fsp3) is 0.812. The second-order valence-corrected chi connectivity index (χ2v) is 6.68. The van der Waals surface area contributed by atoms with Crippen molar-refractivity contribution in [3.05, 3.63) is 11.9 Å². The van der Waals surface area contributed by atoms with Gasteiger partial charge in [-0.05, 0) is 50.5 Å². The standard InChI is InChI=1S/C16H28N2/c1-14-8-10-16(2,3)11-9-15(17-14)18-12-6-4-5-7-13-18/h9H,4-8,10-13H2,1-3H3/b15-9+,17-14-. The zero-order valence-electron chi connectivity index (χ0n) is 12.3. The fourth-order valence-corrected chi connectivity index (χ4v) is 2.79. The van der Waals surface area contributed by atoms with E-state index in [9.17, 15) is 0 Å². The van der Waals surface area contributed by atoms with E-state index in [-0.39, 0.29) is 0 Å². The van der Waals surface area contributed by atoms with Gasteiger partial charge in [0, 0.05) is 18.8 Å². The van der Waals surface area contributed by atoms with Crippen molar-refractivity contribution in [2.45, 2.75) is 65.7 Å². The Labute approximate surface area is 112 Å². The first kappa shape index (κ1) is 13.6. The molecule has 0 bridgehead atoms. The second kappa shape index (κ2) is 5.90. The van der Waals surface area contributed by atoms with Crippen LogP contribution in [0.4, 0.5) is 0 Å². The SMILES string of the molecule is C/C1=N/C(N2CCCCCC2)=C\CC(C)(C)CC1. The van der Waals surface area contributed by atoms with Gasteiger partial charge in [-0.2, -0.15) is 0 Å². The zero-order valence-corrected chi connectivity index (χ0v) is 12.3. The summed E-state index contributed by atoms with van der Waals surface area (Å²) in [5.74, 6) is 1.25. The maximum Gasteiger partial charge on any atom is 0.124 e. The first-order valence-electron chi connectivity index (χ1n) is 7.56. The summed E-state index contributed by atoms with van der Waals surface area (Å²) < 4.78 is 0. The molecule has 2 heterocycles. The first-order valence-corrected chi connectivity index (χ1v) is 7.56. The molecule has 0 aromatic rings. The summed E-state index contributed by atoms with van der Waals surface area (Å²) in [5, 5.41) is 0. The Morgan fingerprint density at radius 3 is 2.44 bits per heavy atom. The average Bonchev–Trinajstić information content (AvgIpc) is 2.59. The van der Waals surface area contributed by atoms with Crippen LogP contribution in [-0.2, 0) is 0 Å². The molecule has 0 aromatic heterocycles. The molecule has 0 aliphatic carbocycles. The molecule has 102 valence electrons. The summed E-state index contributed by atoms with van der Waals surface area (Å²) in [6.45, 7) is 9.34. The molecule has 1 fully saturated rings. The van der Waals surface area contributed by atoms with E-state index in [0.717, 1.165) is 12.8 Å². The number of hydrogen-bond donors (Lipinski definition) is 0. The number of rotatable bonds is 1. The summed E-state index contributed by atoms with van der Waals surface area (Å²) in [4.78, 5) is 7.38. The maximum absolute atomic E-state index is 4.87. The minimum atomic E-state index is 0.425. The summed E-state index contributed by atoms with van der Waals surface area (Å²) >= 11 is 0. The van der Waals surface area contributed by atoms with Crippen LogP contribution in [0, 0.1) is 5.41 Å². The Morgan fingerprint density at radius 2 is 1.78 bits per heavy atom. The van der Waals surface area contributed by atoms with Gasteiger partial charge in [-0.3, -0.25) is 0 Å². The zero-order chi connectivity index (χ0) is 13.0. The van der Waals surface area contributed by atoms with E-state index in [0.29, 0.717) is 5.41 Å². The molecule has 2 heteroatoms. The molecule has 0 aromatic carbocycles. The van der Waals surface area contributed by atoms with Crippen LogP contribution in [0.5, 0.6) is 0 Å². The minimum Gasteiger partial charge on any atom is -0.357 e. The minimum absolute atomic E-state index is 0.425. The lowest BCUT2D eigenvalue weighted by Crippen LogP contribution is -2.25. The number of allylic oxidation sites excluding steroid dienone is 1. The van der Waals surface area contributed by atoms with Crippen LogP contribution in [0.2, 0.25) is 0 Å². The predicted octanol–water partition coefficient (Wildman–Crippen LogP) is 4.37. The van der Waals surface area contributed by atoms with E-state index in [1.165, 1.54) is 56.7 Å². The van der Waals surface area contributed by atoms with Gasteiger partial charge >= 0.3 is 0 Å². The van der Waals surface area contributed by atoms with Gasteiger partial charge in [0.15, 0.2) is 0 Å². The summed E-state index contributed by atoms with van der Waals surface area (Å²) in [7, 11) is 0. The first-order chi connectivity index (χ1) is 8.57. The van der Waals surface area contributed by atoms with E-state index in [1.54, 1.807) is 0 Å². The van der Waals surface area contributed by atoms with Gasteiger partial charge in [-0.15, -0.1) is 0 Å². The van der Waals surface area contributed by atoms with Gasteiger partial charge in [0.1, 0.15) is 5.82 Å². The van der Waals surface area contributed by atoms with Gasteiger partial charge in [0.25, 0.3) is 0 Å². The van der Waals surface area contributed by atoms with E-state index in [1.807, 2.05) is 0 Å². The molecular formula is C16H28N2. The van der Waals surface area contributed by atoms with Gasteiger partial charge in [0.2, 0.25) is 0 Å². The molecule has 0 unspecified atom stereocenters. The lowest BCUT2D eigenvalue weighted by Gasteiger charge is -2.29. The molecule has 0 atom stereocenters. The lowest BCUT2D eigenvalue weighted by atomic mass is 9.83. The highest BCUT2D eigenvalue weighted by Gasteiger charge is 2.21. The molecule has 2 nitrogen and oxygen atoms in total. The highest BCUT2D eigenvalue weighted by atomic mass is 15.2. The largest absolute Gasteiger partial charge is 0.357 e. The van der Waals surface area contributed by atoms with Gasteiger partial charge in [0.05, 0.1) is 0 Å². The van der Waals surface area contributed by atoms with Crippen LogP contribution in [-0.4, -0.2) is 23.7 Å². The van der Waals surface area contributed by atoms with Crippen LogP contribution in [0.25, 0.3) is 0 Å². The monoisotopic (exact) mass is 248 g/mol. The van der Waals surface area contributed by atoms with Crippen molar-refractivity contribution in [2.24, 2.45) is 10.4 Å². The summed E-state index contributed by atoms with van der Waals surface area (Å²) in [6, 6.07) is 0. The smallest absolute Gasteiger partial charge is 0.124 e. The third kappa shape index (κ3) is 3.86. The van der Waals surface area contributed by atoms with Crippen molar-refractivity contribution in [1.82, 2.24) is 4.90 Å². The van der Waals surface area contributed by atoms with Crippen molar-refractivity contribution in [3.63, 3.8) is 0 Å². The molecule has 18 heavy (non-hydrogen) atoms. The fourth-order valence-electron chi connectivity index (χ4n) is 2.79. The van der Waals surface area contributed by atoms with Crippen molar-refractivity contribution in [3.8, 4) is 0 Å². The van der Waals surface area contributed by atoms with Crippen LogP contribution < -0.4 is 0 Å². The van der Waals surface area contributed by atoms with E-state index in [2.05, 4.69) is 31.7 Å². The van der Waals surface area contributed by atoms with Crippen LogP contribution in [0.15, 0.2) is 16.9 Å². The highest BCUT2D eigenvalue weighted by molar-refractivity contribution is 5.82. The number of aliphatic imine (C=N–C) groups is 1. The Bertz CT molecular complexity index is 331. The summed E-state index contributed by atoms with van der Waals surface area (Å²) in [6.07, 6.45) is 11.4. The normalized spacial score (nSPS) is 31.4.